The number of hydrogen-bond acceptors (Lipinski definition) is 4. The van der Waals surface area contributed by atoms with Crippen molar-refractivity contribution in [3.8, 4) is 5.75 Å². The molecular weight excluding hydrogens is 448 g/mol. The van der Waals surface area contributed by atoms with Crippen LogP contribution < -0.4 is 4.74 Å². The molecule has 0 aromatic heterocycles. The number of esters is 2. The molecule has 164 valence electrons. The summed E-state index contributed by atoms with van der Waals surface area (Å²) in [7, 11) is 0. The van der Waals surface area contributed by atoms with Crippen LogP contribution in [0.2, 0.25) is 0 Å². The van der Waals surface area contributed by atoms with E-state index in [1.807, 2.05) is 6.92 Å². The van der Waals surface area contributed by atoms with E-state index in [9.17, 15) is 9.59 Å². The summed E-state index contributed by atoms with van der Waals surface area (Å²) in [5.41, 5.74) is 0.377. The van der Waals surface area contributed by atoms with E-state index >= 15 is 0 Å². The van der Waals surface area contributed by atoms with Crippen molar-refractivity contribution in [2.45, 2.75) is 91.4 Å². The Morgan fingerprint density at radius 1 is 0.828 bits per heavy atom. The van der Waals surface area contributed by atoms with Gasteiger partial charge >= 0.3 is 11.9 Å². The Kier molecular flexibility index (Phi) is 17.0. The first-order chi connectivity index (χ1) is 13.6. The maximum atomic E-state index is 12.2. The third kappa shape index (κ3) is 12.2. The molecule has 29 heavy (non-hydrogen) atoms. The van der Waals surface area contributed by atoms with Crippen LogP contribution in [0.15, 0.2) is 24.3 Å². The maximum absolute atomic E-state index is 12.2. The fourth-order valence-electron chi connectivity index (χ4n) is 3.11. The molecule has 1 aromatic carbocycles. The van der Waals surface area contributed by atoms with Crippen molar-refractivity contribution in [3.63, 3.8) is 0 Å². The van der Waals surface area contributed by atoms with Crippen LogP contribution >= 0.6 is 0 Å². The summed E-state index contributed by atoms with van der Waals surface area (Å²) in [4.78, 5) is 24.3. The minimum atomic E-state index is -0.585. The molecule has 1 unspecified atom stereocenters. The number of carbonyl (C=O) groups excluding carboxylic acids is 2. The van der Waals surface area contributed by atoms with Gasteiger partial charge in [0, 0.05) is 21.1 Å². The first-order valence-electron chi connectivity index (χ1n) is 11.1. The Labute approximate surface area is 191 Å². The average molecular weight is 487 g/mol. The molecule has 0 saturated carbocycles. The molecule has 0 radical (unpaired) electrons. The Morgan fingerprint density at radius 3 is 2.00 bits per heavy atom. The molecule has 1 aromatic rings. The van der Waals surface area contributed by atoms with Gasteiger partial charge in [0.1, 0.15) is 5.75 Å². The normalized spacial score (nSPS) is 11.4. The van der Waals surface area contributed by atoms with E-state index in [0.717, 1.165) is 31.4 Å². The molecule has 0 saturated heterocycles. The molecule has 0 aliphatic rings. The van der Waals surface area contributed by atoms with E-state index in [1.165, 1.54) is 38.5 Å². The monoisotopic (exact) mass is 488 g/mol. The van der Waals surface area contributed by atoms with Gasteiger partial charge in [-0.05, 0) is 43.5 Å². The van der Waals surface area contributed by atoms with Crippen LogP contribution in [0.4, 0.5) is 0 Å². The van der Waals surface area contributed by atoms with E-state index in [0.29, 0.717) is 18.6 Å². The predicted octanol–water partition coefficient (Wildman–Crippen LogP) is 6.71. The summed E-state index contributed by atoms with van der Waals surface area (Å²) in [5, 5.41) is 0. The van der Waals surface area contributed by atoms with Crippen molar-refractivity contribution < 1.29 is 40.1 Å². The molecule has 0 N–H and O–H groups in total. The quantitative estimate of drug-likeness (QED) is 0.120. The van der Waals surface area contributed by atoms with E-state index in [4.69, 9.17) is 9.47 Å². The number of ether oxygens (including phenoxy) is 2. The van der Waals surface area contributed by atoms with Crippen molar-refractivity contribution in [3.05, 3.63) is 29.8 Å². The van der Waals surface area contributed by atoms with Crippen LogP contribution in [0.25, 0.3) is 0 Å². The van der Waals surface area contributed by atoms with E-state index in [2.05, 4.69) is 13.8 Å². The van der Waals surface area contributed by atoms with Crippen molar-refractivity contribution >= 4 is 11.9 Å². The van der Waals surface area contributed by atoms with Crippen LogP contribution in [-0.4, -0.2) is 18.5 Å². The maximum Gasteiger partial charge on any atom is 0.345 e. The molecule has 1 rings (SSSR count). The third-order valence-electron chi connectivity index (χ3n) is 5.03. The molecule has 4 nitrogen and oxygen atoms in total. The summed E-state index contributed by atoms with van der Waals surface area (Å²) >= 11 is 0. The van der Waals surface area contributed by atoms with Crippen LogP contribution in [-0.2, 0) is 30.6 Å². The second-order valence-corrected chi connectivity index (χ2v) is 7.45. The fourth-order valence-corrected chi connectivity index (χ4v) is 3.11. The largest absolute Gasteiger partial charge is 0.494 e. The summed E-state index contributed by atoms with van der Waals surface area (Å²) < 4.78 is 10.8. The van der Waals surface area contributed by atoms with Gasteiger partial charge in [0.15, 0.2) is 0 Å². The molecule has 0 fully saturated rings. The van der Waals surface area contributed by atoms with Gasteiger partial charge in [-0.3, -0.25) is 4.79 Å². The smallest absolute Gasteiger partial charge is 0.345 e. The molecule has 5 heteroatoms. The van der Waals surface area contributed by atoms with E-state index in [1.54, 1.807) is 24.3 Å². The van der Waals surface area contributed by atoms with Gasteiger partial charge in [0.2, 0.25) is 0 Å². The Bertz CT molecular complexity index is 557. The Hall–Kier alpha value is -1.15. The Morgan fingerprint density at radius 2 is 1.41 bits per heavy atom. The SMILES string of the molecule is CCCCCCCCCOc1ccc(C(=O)OC(=O)C(CC)CCCC)cc1.[Mo]. The minimum Gasteiger partial charge on any atom is -0.494 e. The van der Waals surface area contributed by atoms with Gasteiger partial charge < -0.3 is 9.47 Å². The molecule has 0 aliphatic heterocycles. The zero-order chi connectivity index (χ0) is 20.6. The molecular formula is C24H38MoO4. The molecule has 0 amide bonds. The van der Waals surface area contributed by atoms with Crippen molar-refractivity contribution in [1.29, 1.82) is 0 Å². The zero-order valence-corrected chi connectivity index (χ0v) is 20.4. The number of carbonyl (C=O) groups is 2. The van der Waals surface area contributed by atoms with E-state index in [-0.39, 0.29) is 27.0 Å². The number of hydrogen-bond donors (Lipinski definition) is 0. The second-order valence-electron chi connectivity index (χ2n) is 7.45. The van der Waals surface area contributed by atoms with Crippen molar-refractivity contribution in [2.75, 3.05) is 6.61 Å². The summed E-state index contributed by atoms with van der Waals surface area (Å²) in [6, 6.07) is 6.83. The summed E-state index contributed by atoms with van der Waals surface area (Å²) in [6.45, 7) is 6.95. The van der Waals surface area contributed by atoms with Crippen LogP contribution in [0.3, 0.4) is 0 Å². The average Bonchev–Trinajstić information content (AvgIpc) is 2.71. The first kappa shape index (κ1) is 27.8. The third-order valence-corrected chi connectivity index (χ3v) is 5.03. The van der Waals surface area contributed by atoms with Crippen molar-refractivity contribution in [2.24, 2.45) is 5.92 Å². The van der Waals surface area contributed by atoms with Crippen LogP contribution in [0.5, 0.6) is 5.75 Å². The van der Waals surface area contributed by atoms with E-state index < -0.39 is 11.9 Å². The van der Waals surface area contributed by atoms with Gasteiger partial charge in [-0.15, -0.1) is 0 Å². The molecule has 0 bridgehead atoms. The number of benzene rings is 1. The minimum absolute atomic E-state index is 0. The van der Waals surface area contributed by atoms with Gasteiger partial charge in [-0.2, -0.15) is 0 Å². The van der Waals surface area contributed by atoms with Crippen LogP contribution in [0.1, 0.15) is 102 Å². The zero-order valence-electron chi connectivity index (χ0n) is 18.4. The van der Waals surface area contributed by atoms with Gasteiger partial charge in [-0.1, -0.05) is 72.1 Å². The van der Waals surface area contributed by atoms with Crippen LogP contribution in [0, 0.1) is 5.92 Å². The number of unbranched alkanes of at least 4 members (excludes halogenated alkanes) is 7. The Balaban J connectivity index is 0.00000784. The summed E-state index contributed by atoms with van der Waals surface area (Å²) in [5.74, 6) is -0.462. The van der Waals surface area contributed by atoms with Gasteiger partial charge in [0.05, 0.1) is 18.1 Å². The number of rotatable bonds is 15. The molecule has 1 atom stereocenters. The molecule has 0 aliphatic carbocycles. The summed E-state index contributed by atoms with van der Waals surface area (Å²) in [6.07, 6.45) is 12.2. The van der Waals surface area contributed by atoms with Gasteiger partial charge in [-0.25, -0.2) is 4.79 Å². The standard InChI is InChI=1S/C24H38O4.Mo/c1-4-7-9-10-11-12-13-19-27-22-17-15-21(16-18-22)24(26)28-23(25)20(6-3)14-8-5-2;/h15-18,20H,4-14,19H2,1-3H3;. The fraction of sp³-hybridized carbons (Fsp3) is 0.667. The first-order valence-corrected chi connectivity index (χ1v) is 11.1. The van der Waals surface area contributed by atoms with Gasteiger partial charge in [0.25, 0.3) is 0 Å². The topological polar surface area (TPSA) is 52.6 Å². The molecule has 0 spiro atoms. The molecule has 0 heterocycles. The predicted molar refractivity (Wildman–Crippen MR) is 114 cm³/mol. The van der Waals surface area contributed by atoms with Crippen molar-refractivity contribution in [1.82, 2.24) is 0 Å². The second kappa shape index (κ2) is 17.7.